The Hall–Kier alpha value is -3.31. The molecule has 0 radical (unpaired) electrons. The molecular weight excluding hydrogens is 408 g/mol. The van der Waals surface area contributed by atoms with E-state index in [9.17, 15) is 4.79 Å². The first kappa shape index (κ1) is 22.4. The van der Waals surface area contributed by atoms with E-state index in [-0.39, 0.29) is 18.2 Å². The summed E-state index contributed by atoms with van der Waals surface area (Å²) in [5, 5.41) is 18.3. The van der Waals surface area contributed by atoms with Crippen molar-refractivity contribution in [2.45, 2.75) is 19.0 Å². The van der Waals surface area contributed by atoms with Crippen molar-refractivity contribution in [1.82, 2.24) is 14.8 Å². The molecule has 0 N–H and O–H groups in total. The zero-order chi connectivity index (χ0) is 22.2. The molecular formula is C23H26N6OS. The number of amides is 1. The molecule has 0 unspecified atom stereocenters. The third-order valence-corrected chi connectivity index (χ3v) is 6.02. The number of nitrogens with zero attached hydrogens (tertiary/aromatic N) is 6. The van der Waals surface area contributed by atoms with Gasteiger partial charge in [-0.25, -0.2) is 0 Å². The number of carbonyl (C=O) groups excluding carboxylic acids is 1. The van der Waals surface area contributed by atoms with Crippen LogP contribution in [0, 0.1) is 11.3 Å². The zero-order valence-electron chi connectivity index (χ0n) is 18.0. The van der Waals surface area contributed by atoms with Crippen molar-refractivity contribution in [2.75, 3.05) is 35.2 Å². The molecule has 1 aromatic heterocycles. The Bertz CT molecular complexity index is 1040. The van der Waals surface area contributed by atoms with Crippen molar-refractivity contribution in [2.24, 2.45) is 7.05 Å². The first-order valence-electron chi connectivity index (χ1n) is 10.2. The topological polar surface area (TPSA) is 78.1 Å². The fourth-order valence-corrected chi connectivity index (χ4v) is 4.10. The lowest BCUT2D eigenvalue weighted by molar-refractivity contribution is -0.116. The van der Waals surface area contributed by atoms with Crippen LogP contribution in [0.4, 0.5) is 11.4 Å². The van der Waals surface area contributed by atoms with Crippen molar-refractivity contribution in [3.8, 4) is 17.5 Å². The van der Waals surface area contributed by atoms with Crippen LogP contribution in [0.2, 0.25) is 0 Å². The number of hydrogen-bond donors (Lipinski definition) is 0. The van der Waals surface area contributed by atoms with Gasteiger partial charge in [0.1, 0.15) is 6.54 Å². The molecule has 3 aromatic rings. The van der Waals surface area contributed by atoms with Crippen molar-refractivity contribution in [1.29, 1.82) is 5.26 Å². The summed E-state index contributed by atoms with van der Waals surface area (Å²) in [6.45, 7) is 6.20. The van der Waals surface area contributed by atoms with Crippen LogP contribution in [-0.2, 0) is 11.8 Å². The van der Waals surface area contributed by atoms with Crippen molar-refractivity contribution >= 4 is 29.0 Å². The summed E-state index contributed by atoms with van der Waals surface area (Å²) in [4.78, 5) is 16.5. The molecule has 7 nitrogen and oxygen atoms in total. The van der Waals surface area contributed by atoms with Gasteiger partial charge in [0.15, 0.2) is 11.0 Å². The summed E-state index contributed by atoms with van der Waals surface area (Å²) in [5.74, 6) is 0.771. The summed E-state index contributed by atoms with van der Waals surface area (Å²) in [5.41, 5.74) is 2.86. The highest BCUT2D eigenvalue weighted by Crippen LogP contribution is 2.25. The van der Waals surface area contributed by atoms with E-state index in [1.807, 2.05) is 54.1 Å². The Morgan fingerprint density at radius 3 is 2.32 bits per heavy atom. The standard InChI is InChI=1S/C23H26N6OS/c1-4-28(5-2)19-13-11-18(12-14-19)22-25-26-23(27(22)3)31-17-21(30)29(16-15-24)20-9-7-6-8-10-20/h6-14H,4-5,16-17H2,1-3H3. The molecule has 160 valence electrons. The number of hydrogen-bond acceptors (Lipinski definition) is 6. The van der Waals surface area contributed by atoms with Gasteiger partial charge in [-0.05, 0) is 50.2 Å². The Kier molecular flexibility index (Phi) is 7.68. The molecule has 0 spiro atoms. The van der Waals surface area contributed by atoms with E-state index >= 15 is 0 Å². The molecule has 31 heavy (non-hydrogen) atoms. The van der Waals surface area contributed by atoms with Crippen LogP contribution in [0.15, 0.2) is 59.8 Å². The lowest BCUT2D eigenvalue weighted by atomic mass is 10.2. The van der Waals surface area contributed by atoms with Gasteiger partial charge in [-0.1, -0.05) is 30.0 Å². The number of rotatable bonds is 9. The highest BCUT2D eigenvalue weighted by molar-refractivity contribution is 7.99. The first-order chi connectivity index (χ1) is 15.1. The van der Waals surface area contributed by atoms with E-state index in [1.165, 1.54) is 22.3 Å². The van der Waals surface area contributed by atoms with Crippen LogP contribution >= 0.6 is 11.8 Å². The fraction of sp³-hybridized carbons (Fsp3) is 0.304. The molecule has 3 rings (SSSR count). The Labute approximate surface area is 187 Å². The van der Waals surface area contributed by atoms with E-state index in [0.29, 0.717) is 10.8 Å². The molecule has 8 heteroatoms. The third-order valence-electron chi connectivity index (χ3n) is 5.01. The fourth-order valence-electron chi connectivity index (χ4n) is 3.31. The minimum absolute atomic E-state index is 0.00631. The van der Waals surface area contributed by atoms with Gasteiger partial charge >= 0.3 is 0 Å². The van der Waals surface area contributed by atoms with E-state index < -0.39 is 0 Å². The predicted octanol–water partition coefficient (Wildman–Crippen LogP) is 3.98. The monoisotopic (exact) mass is 434 g/mol. The van der Waals surface area contributed by atoms with Gasteiger partial charge in [0, 0.05) is 37.1 Å². The largest absolute Gasteiger partial charge is 0.372 e. The molecule has 0 bridgehead atoms. The maximum absolute atomic E-state index is 12.7. The van der Waals surface area contributed by atoms with Gasteiger partial charge in [-0.3, -0.25) is 9.69 Å². The van der Waals surface area contributed by atoms with Gasteiger partial charge in [0.2, 0.25) is 5.91 Å². The van der Waals surface area contributed by atoms with Crippen LogP contribution in [0.25, 0.3) is 11.4 Å². The molecule has 0 fully saturated rings. The highest BCUT2D eigenvalue weighted by atomic mass is 32.2. The predicted molar refractivity (Wildman–Crippen MR) is 125 cm³/mol. The Morgan fingerprint density at radius 1 is 1.03 bits per heavy atom. The van der Waals surface area contributed by atoms with Gasteiger partial charge in [-0.15, -0.1) is 10.2 Å². The number of nitriles is 1. The van der Waals surface area contributed by atoms with Gasteiger partial charge in [-0.2, -0.15) is 5.26 Å². The number of para-hydroxylation sites is 1. The quantitative estimate of drug-likeness (QED) is 0.374. The van der Waals surface area contributed by atoms with Crippen LogP contribution in [0.1, 0.15) is 13.8 Å². The SMILES string of the molecule is CCN(CC)c1ccc(-c2nnc(SCC(=O)N(CC#N)c3ccccc3)n2C)cc1. The summed E-state index contributed by atoms with van der Waals surface area (Å²) < 4.78 is 1.89. The first-order valence-corrected chi connectivity index (χ1v) is 11.2. The molecule has 1 heterocycles. The van der Waals surface area contributed by atoms with E-state index in [2.05, 4.69) is 47.1 Å². The van der Waals surface area contributed by atoms with Crippen LogP contribution in [0.3, 0.4) is 0 Å². The normalized spacial score (nSPS) is 10.5. The summed E-state index contributed by atoms with van der Waals surface area (Å²) in [6, 6.07) is 19.5. The van der Waals surface area contributed by atoms with E-state index in [0.717, 1.165) is 24.5 Å². The summed E-state index contributed by atoms with van der Waals surface area (Å²) >= 11 is 1.32. The third kappa shape index (κ3) is 5.25. The Balaban J connectivity index is 1.70. The molecule has 0 saturated carbocycles. The molecule has 0 saturated heterocycles. The molecule has 0 aliphatic carbocycles. The molecule has 1 amide bonds. The smallest absolute Gasteiger partial charge is 0.238 e. The number of carbonyl (C=O) groups is 1. The molecule has 2 aromatic carbocycles. The number of benzene rings is 2. The number of aromatic nitrogens is 3. The maximum atomic E-state index is 12.7. The summed E-state index contributed by atoms with van der Waals surface area (Å²) in [6.07, 6.45) is 0. The van der Waals surface area contributed by atoms with E-state index in [4.69, 9.17) is 5.26 Å². The molecule has 0 aliphatic heterocycles. The van der Waals surface area contributed by atoms with Crippen LogP contribution < -0.4 is 9.80 Å². The second-order valence-corrected chi connectivity index (χ2v) is 7.79. The van der Waals surface area contributed by atoms with Gasteiger partial charge in [0.25, 0.3) is 0 Å². The molecule has 0 aliphatic rings. The van der Waals surface area contributed by atoms with Crippen LogP contribution in [-0.4, -0.2) is 46.1 Å². The molecule has 0 atom stereocenters. The lowest BCUT2D eigenvalue weighted by Crippen LogP contribution is -2.32. The highest BCUT2D eigenvalue weighted by Gasteiger charge is 2.18. The number of anilines is 2. The number of thioether (sulfide) groups is 1. The minimum Gasteiger partial charge on any atom is -0.372 e. The minimum atomic E-state index is -0.147. The van der Waals surface area contributed by atoms with E-state index in [1.54, 1.807) is 0 Å². The second-order valence-electron chi connectivity index (χ2n) is 6.85. The maximum Gasteiger partial charge on any atom is 0.238 e. The van der Waals surface area contributed by atoms with Crippen molar-refractivity contribution in [3.05, 3.63) is 54.6 Å². The van der Waals surface area contributed by atoms with Crippen LogP contribution in [0.5, 0.6) is 0 Å². The van der Waals surface area contributed by atoms with Gasteiger partial charge in [0.05, 0.1) is 11.8 Å². The second kappa shape index (κ2) is 10.6. The van der Waals surface area contributed by atoms with Crippen molar-refractivity contribution < 1.29 is 4.79 Å². The van der Waals surface area contributed by atoms with Crippen molar-refractivity contribution in [3.63, 3.8) is 0 Å². The Morgan fingerprint density at radius 2 is 1.71 bits per heavy atom. The average molecular weight is 435 g/mol. The van der Waals surface area contributed by atoms with Gasteiger partial charge < -0.3 is 9.47 Å². The summed E-state index contributed by atoms with van der Waals surface area (Å²) in [7, 11) is 1.89. The lowest BCUT2D eigenvalue weighted by Gasteiger charge is -2.21. The average Bonchev–Trinajstić information content (AvgIpc) is 3.18. The zero-order valence-corrected chi connectivity index (χ0v) is 18.8.